The maximum Gasteiger partial charge on any atom is 0.408 e. The van der Waals surface area contributed by atoms with E-state index in [0.29, 0.717) is 191 Å². The predicted octanol–water partition coefficient (Wildman–Crippen LogP) is 9.37. The molecule has 0 aliphatic carbocycles. The molecule has 20 N–H and O–H groups in total. The van der Waals surface area contributed by atoms with Crippen LogP contribution in [0.15, 0.2) is 158 Å². The molecular formula is C105H154N12O25S3. The van der Waals surface area contributed by atoms with E-state index in [1.807, 2.05) is 101 Å². The quantitative estimate of drug-likeness (QED) is 0.0158. The summed E-state index contributed by atoms with van der Waals surface area (Å²) >= 11 is 3.14. The molecule has 0 saturated carbocycles. The van der Waals surface area contributed by atoms with Gasteiger partial charge in [-0.05, 0) is 192 Å². The van der Waals surface area contributed by atoms with Crippen LogP contribution in [0, 0.1) is 0 Å². The molecule has 37 nitrogen and oxygen atoms in total. The fourth-order valence-electron chi connectivity index (χ4n) is 12.3. The molecule has 3 heterocycles. The number of aliphatic hydroxyl groups is 8. The number of aromatic carboxylic acids is 2. The lowest BCUT2D eigenvalue weighted by Gasteiger charge is -2.20. The smallest absolute Gasteiger partial charge is 0.408 e. The molecule has 145 heavy (non-hydrogen) atoms. The molecule has 0 saturated heterocycles. The zero-order valence-corrected chi connectivity index (χ0v) is 87.3. The second kappa shape index (κ2) is 76.9. The van der Waals surface area contributed by atoms with Gasteiger partial charge in [-0.3, -0.25) is 62.8 Å². The van der Waals surface area contributed by atoms with Gasteiger partial charge >= 0.3 is 24.1 Å². The van der Waals surface area contributed by atoms with Crippen molar-refractivity contribution in [3.63, 3.8) is 0 Å². The first-order valence-electron chi connectivity index (χ1n) is 50.0. The Balaban J connectivity index is 0.000000904. The third-order valence-corrected chi connectivity index (χ3v) is 23.2. The molecule has 8 aromatic rings. The average Bonchev–Trinajstić information content (AvgIpc) is 1.75. The summed E-state index contributed by atoms with van der Waals surface area (Å²) in [6.45, 7) is 24.7. The molecule has 2 atom stereocenters. The van der Waals surface area contributed by atoms with Gasteiger partial charge in [0.15, 0.2) is 28.9 Å². The standard InChI is InChI=1S/C27H37N3O7S.C22H29N3O5S.C15H24N2O3.C14H23N3O3.C12H15NO5S.C9H10O2.2C3H8/c1-27(2,3)37-26(36)29-18-22(34)24-11-10-23(38-24)21(33)9-6-19-4-7-20(8-5-19)25(35)28-12-13-30(14-16-31)15-17-32;23-15-19(29)21-8-7-20(31-21)18(28)6-3-16-1-4-17(5-2-16)22(30)24-9-10-25(11-13-26)12-14-27;1-2-13-3-5-14(6-4-13)15(20)16-7-8-17(9-11-18)10-12-19;15-11-12-1-3-13(4-2-12)14(20)16-5-6-17(7-9-18)8-10-19;1-12(2,3)18-11(17)13-6-7(14)8-4-5-9(19-8)10(15)16;1-2-7-3-5-8(6-4-7)9(10)11;2*1-3-2/h4-5,7-8,10-11,31-32H,6,9,12-18H2,1-3H3,(H,28,35)(H,29,36);1-2,4-5,7-8,26-27H,3,6,9-15,23H2,(H,24,30);3-6,18-19H,2,7-12H2,1H3,(H,16,20);1-4,18-19H,5-11,15H2,(H,16,20);4-5H,6H2,1-3H3,(H,13,17)(H,15,16);3-6H,2H2,1H3,(H,10,11);2*3H2,1-2H3/i;;;;;;2*1TD. The van der Waals surface area contributed by atoms with Crippen LogP contribution in [0.25, 0.3) is 0 Å². The number of carbonyl (C=O) groups excluding carboxylic acids is 11. The molecule has 2 unspecified atom stereocenters. The summed E-state index contributed by atoms with van der Waals surface area (Å²) in [5.74, 6) is -3.56. The molecule has 0 bridgehead atoms. The van der Waals surface area contributed by atoms with Gasteiger partial charge in [0.2, 0.25) is 0 Å². The number of benzene rings is 5. The SMILES string of the molecule is CC(C)(C)OC(=O)NCC(=O)c1ccc(C(=O)CCc2ccc(C(=O)NCCN(CCO)CCO)cc2)s1.CC(C)(C)OC(=O)NCC(=O)c1ccc(C(=O)O)s1.CCc1ccc(C(=O)NCCN(CCO)CCO)cc1.CCc1ccc(C(=O)O)cc1.NCC(=O)c1ccc(C(=O)CCc2ccc(C(=O)NCCN(CCO)CCO)cc2)s1.NCc1ccc(C(=O)NCCN(CCO)CCO)cc1.[2H]C([3H])CC.[2H]C([3H])CC. The Bertz CT molecular complexity index is 5090. The van der Waals surface area contributed by atoms with Crippen LogP contribution in [0.5, 0.6) is 0 Å². The molecule has 3 aromatic heterocycles. The normalized spacial score (nSPS) is 11.5. The minimum atomic E-state index is -1.08. The fraction of sp³-hybridized carbons (Fsp3) is 0.476. The Hall–Kier alpha value is -11.7. The highest BCUT2D eigenvalue weighted by molar-refractivity contribution is 7.16. The lowest BCUT2D eigenvalue weighted by molar-refractivity contribution is 0.0512. The number of amides is 6. The van der Waals surface area contributed by atoms with Crippen molar-refractivity contribution in [3.05, 3.63) is 243 Å². The summed E-state index contributed by atoms with van der Waals surface area (Å²) in [6, 6.07) is 45.0. The van der Waals surface area contributed by atoms with Crippen LogP contribution in [-0.2, 0) is 41.7 Å². The van der Waals surface area contributed by atoms with E-state index < -0.39 is 49.1 Å². The lowest BCUT2D eigenvalue weighted by Crippen LogP contribution is -2.37. The van der Waals surface area contributed by atoms with Crippen molar-refractivity contribution in [2.75, 3.05) is 177 Å². The molecule has 0 radical (unpaired) electrons. The maximum atomic E-state index is 12.6. The van der Waals surface area contributed by atoms with Gasteiger partial charge in [0, 0.05) is 152 Å². The van der Waals surface area contributed by atoms with E-state index in [0.717, 1.165) is 57.8 Å². The van der Waals surface area contributed by atoms with Gasteiger partial charge in [0.25, 0.3) is 23.6 Å². The van der Waals surface area contributed by atoms with Crippen molar-refractivity contribution in [2.45, 2.75) is 152 Å². The summed E-state index contributed by atoms with van der Waals surface area (Å²) in [5.41, 5.74) is 17.4. The number of carbonyl (C=O) groups is 13. The molecule has 0 spiro atoms. The van der Waals surface area contributed by atoms with E-state index in [4.69, 9.17) is 77.5 Å². The van der Waals surface area contributed by atoms with Gasteiger partial charge in [-0.2, -0.15) is 0 Å². The molecular weight excluding hydrogens is 1930 g/mol. The number of carboxylic acid groups (broad SMARTS) is 2. The second-order valence-corrected chi connectivity index (χ2v) is 36.8. The Morgan fingerprint density at radius 2 is 0.559 bits per heavy atom. The highest BCUT2D eigenvalue weighted by Crippen LogP contribution is 2.23. The number of thiophene rings is 3. The third-order valence-electron chi connectivity index (χ3n) is 19.8. The van der Waals surface area contributed by atoms with Crippen molar-refractivity contribution in [3.8, 4) is 0 Å². The number of carboxylic acids is 2. The Morgan fingerprint density at radius 3 is 0.779 bits per heavy atom. The first kappa shape index (κ1) is 124. The van der Waals surface area contributed by atoms with E-state index in [-0.39, 0.29) is 141 Å². The van der Waals surface area contributed by atoms with E-state index in [2.05, 4.69) is 38.8 Å². The topological polar surface area (TPSA) is 580 Å². The molecule has 6 amide bonds. The van der Waals surface area contributed by atoms with Crippen molar-refractivity contribution >= 4 is 111 Å². The second-order valence-electron chi connectivity index (χ2n) is 33.5. The molecule has 5 aromatic carbocycles. The number of Topliss-reactive ketones (excluding diaryl/α,β-unsaturated/α-hetero) is 5. The van der Waals surface area contributed by atoms with E-state index >= 15 is 0 Å². The van der Waals surface area contributed by atoms with Crippen LogP contribution in [0.3, 0.4) is 0 Å². The van der Waals surface area contributed by atoms with E-state index in [1.54, 1.807) is 126 Å². The number of alkyl carbamates (subject to hydrolysis) is 2. The zero-order valence-electron chi connectivity index (χ0n) is 88.9. The number of nitrogens with one attached hydrogen (secondary N) is 6. The number of aliphatic hydroxyl groups excluding tert-OH is 8. The van der Waals surface area contributed by atoms with Crippen LogP contribution in [0.2, 0.25) is 0 Å². The molecule has 0 aliphatic heterocycles. The minimum Gasteiger partial charge on any atom is -0.478 e. The van der Waals surface area contributed by atoms with Gasteiger partial charge in [0.05, 0.1) is 102 Å². The lowest BCUT2D eigenvalue weighted by atomic mass is 10.0. The van der Waals surface area contributed by atoms with Crippen LogP contribution < -0.4 is 43.4 Å². The summed E-state index contributed by atoms with van der Waals surface area (Å²) in [4.78, 5) is 163. The molecule has 0 fully saturated rings. The molecule has 0 aliphatic rings. The number of aryl methyl sites for hydroxylation is 4. The fourth-order valence-corrected chi connectivity index (χ4v) is 14.9. The summed E-state index contributed by atoms with van der Waals surface area (Å²) < 4.78 is 36.1. The van der Waals surface area contributed by atoms with Crippen molar-refractivity contribution in [2.24, 2.45) is 11.5 Å². The highest BCUT2D eigenvalue weighted by Gasteiger charge is 2.23. The number of hydrogen-bond acceptors (Lipinski definition) is 32. The minimum absolute atomic E-state index is 0.00260. The number of nitrogens with two attached hydrogens (primary N) is 2. The monoisotopic (exact) mass is 2090 g/mol. The summed E-state index contributed by atoms with van der Waals surface area (Å²) in [7, 11) is 0. The molecule has 802 valence electrons. The van der Waals surface area contributed by atoms with Crippen LogP contribution in [0.1, 0.15) is 252 Å². The number of ether oxygens (including phenoxy) is 2. The molecule has 40 heteroatoms. The average molecular weight is 2090 g/mol. The Labute approximate surface area is 869 Å². The van der Waals surface area contributed by atoms with Gasteiger partial charge in [-0.15, -0.1) is 34.0 Å². The van der Waals surface area contributed by atoms with Gasteiger partial charge in [0.1, 0.15) is 16.1 Å². The number of rotatable bonds is 53. The first-order valence-corrected chi connectivity index (χ1v) is 50.1. The maximum absolute atomic E-state index is 12.6. The van der Waals surface area contributed by atoms with E-state index in [1.165, 1.54) is 29.0 Å². The van der Waals surface area contributed by atoms with Crippen LogP contribution in [0.4, 0.5) is 9.59 Å². The van der Waals surface area contributed by atoms with Crippen molar-refractivity contribution < 1.29 is 128 Å². The number of nitrogens with zero attached hydrogens (tertiary/aromatic N) is 4. The predicted molar refractivity (Wildman–Crippen MR) is 565 cm³/mol. The highest BCUT2D eigenvalue weighted by atomic mass is 32.1. The molecule has 8 rings (SSSR count). The van der Waals surface area contributed by atoms with Crippen LogP contribution in [-0.4, -0.2) is 336 Å². The zero-order chi connectivity index (χ0) is 112. The Morgan fingerprint density at radius 1 is 0.324 bits per heavy atom. The van der Waals surface area contributed by atoms with Crippen molar-refractivity contribution in [1.82, 2.24) is 51.5 Å². The van der Waals surface area contributed by atoms with E-state index in [9.17, 15) is 62.3 Å². The van der Waals surface area contributed by atoms with Gasteiger partial charge in [-0.25, -0.2) is 19.2 Å². The van der Waals surface area contributed by atoms with Crippen molar-refractivity contribution in [1.29, 1.82) is 0 Å². The number of ketones is 5. The third kappa shape index (κ3) is 58.9. The van der Waals surface area contributed by atoms with Gasteiger partial charge in [-0.1, -0.05) is 115 Å². The Kier molecular flexibility index (Phi) is 65.6. The van der Waals surface area contributed by atoms with Gasteiger partial charge < -0.3 is 104 Å². The summed E-state index contributed by atoms with van der Waals surface area (Å²) in [6.07, 6.45) is 3.41. The number of hydrogen-bond donors (Lipinski definition) is 18. The van der Waals surface area contributed by atoms with Crippen LogP contribution >= 0.6 is 34.0 Å². The largest absolute Gasteiger partial charge is 0.478 e. The first-order chi connectivity index (χ1) is 70.9. The summed E-state index contributed by atoms with van der Waals surface area (Å²) in [5, 5.41) is 105.